The summed E-state index contributed by atoms with van der Waals surface area (Å²) in [6.45, 7) is 0.647. The zero-order valence-corrected chi connectivity index (χ0v) is 12.1. The number of methoxy groups -OCH3 is 1. The molecule has 0 bridgehead atoms. The highest BCUT2D eigenvalue weighted by Gasteiger charge is 2.21. The average Bonchev–Trinajstić information content (AvgIpc) is 2.94. The van der Waals surface area contributed by atoms with Gasteiger partial charge in [0.2, 0.25) is 0 Å². The first-order chi connectivity index (χ1) is 10.7. The molecular weight excluding hydrogens is 282 g/mol. The fourth-order valence-corrected chi connectivity index (χ4v) is 2.38. The third kappa shape index (κ3) is 2.63. The maximum absolute atomic E-state index is 11.9. The second-order valence-electron chi connectivity index (χ2n) is 4.95. The van der Waals surface area contributed by atoms with Crippen molar-refractivity contribution in [2.24, 2.45) is 0 Å². The van der Waals surface area contributed by atoms with E-state index in [1.54, 1.807) is 12.4 Å². The van der Waals surface area contributed by atoms with Crippen molar-refractivity contribution in [3.63, 3.8) is 0 Å². The van der Waals surface area contributed by atoms with Crippen LogP contribution in [0, 0.1) is 0 Å². The van der Waals surface area contributed by atoms with Gasteiger partial charge in [-0.25, -0.2) is 9.89 Å². The molecule has 0 spiro atoms. The second-order valence-corrected chi connectivity index (χ2v) is 4.95. The number of ether oxygens (including phenoxy) is 1. The second kappa shape index (κ2) is 5.85. The Kier molecular flexibility index (Phi) is 3.74. The molecular formula is C16H15N3O3. The number of carbonyl (C=O) groups is 1. The largest absolute Gasteiger partial charge is 0.465 e. The van der Waals surface area contributed by atoms with E-state index in [9.17, 15) is 9.59 Å². The topological polar surface area (TPSA) is 77.0 Å². The summed E-state index contributed by atoms with van der Waals surface area (Å²) in [6.07, 6.45) is 4.16. The van der Waals surface area contributed by atoms with E-state index in [2.05, 4.69) is 10.2 Å². The van der Waals surface area contributed by atoms with Crippen LogP contribution in [-0.2, 0) is 17.7 Å². The van der Waals surface area contributed by atoms with E-state index < -0.39 is 5.97 Å². The lowest BCUT2D eigenvalue weighted by Gasteiger charge is -2.11. The molecule has 0 aromatic heterocycles. The molecule has 0 atom stereocenters. The zero-order chi connectivity index (χ0) is 15.5. The zero-order valence-electron chi connectivity index (χ0n) is 12.1. The van der Waals surface area contributed by atoms with Crippen LogP contribution in [0.15, 0.2) is 47.5 Å². The first kappa shape index (κ1) is 14.1. The molecule has 0 aliphatic carbocycles. The fraction of sp³-hybridized carbons (Fsp3) is 0.188. The predicted octanol–water partition coefficient (Wildman–Crippen LogP) is 1.71. The minimum atomic E-state index is -0.509. The Morgan fingerprint density at radius 2 is 2.05 bits per heavy atom. The van der Waals surface area contributed by atoms with Gasteiger partial charge in [-0.3, -0.25) is 4.79 Å². The van der Waals surface area contributed by atoms with Gasteiger partial charge in [0.25, 0.3) is 5.56 Å². The molecule has 0 radical (unpaired) electrons. The Labute approximate surface area is 126 Å². The van der Waals surface area contributed by atoms with E-state index in [-0.39, 0.29) is 11.1 Å². The maximum atomic E-state index is 11.9. The van der Waals surface area contributed by atoms with Crippen LogP contribution in [0.3, 0.4) is 0 Å². The molecule has 0 saturated carbocycles. The van der Waals surface area contributed by atoms with E-state index >= 15 is 0 Å². The van der Waals surface area contributed by atoms with E-state index in [0.717, 1.165) is 6.42 Å². The van der Waals surface area contributed by atoms with E-state index in [4.69, 9.17) is 4.74 Å². The van der Waals surface area contributed by atoms with Crippen LogP contribution in [0.4, 0.5) is 0 Å². The quantitative estimate of drug-likeness (QED) is 0.744. The highest BCUT2D eigenvalue weighted by atomic mass is 16.5. The highest BCUT2D eigenvalue weighted by Crippen LogP contribution is 2.20. The number of H-pyrrole nitrogens is 1. The number of fused-ring (bicyclic) bond motifs is 1. The highest BCUT2D eigenvalue weighted by molar-refractivity contribution is 5.95. The fourth-order valence-electron chi connectivity index (χ4n) is 2.38. The number of aromatic amines is 1. The summed E-state index contributed by atoms with van der Waals surface area (Å²) in [6, 6.07) is 10.0. The number of hydrogen-bond acceptors (Lipinski definition) is 4. The van der Waals surface area contributed by atoms with Crippen LogP contribution in [-0.4, -0.2) is 27.8 Å². The van der Waals surface area contributed by atoms with Gasteiger partial charge in [0.1, 0.15) is 11.3 Å². The number of pyridine rings is 1. The van der Waals surface area contributed by atoms with Gasteiger partial charge in [-0.1, -0.05) is 30.3 Å². The molecule has 112 valence electrons. The minimum Gasteiger partial charge on any atom is -0.465 e. The lowest BCUT2D eigenvalue weighted by atomic mass is 10.1. The van der Waals surface area contributed by atoms with E-state index in [0.29, 0.717) is 17.8 Å². The summed E-state index contributed by atoms with van der Waals surface area (Å²) in [4.78, 5) is 23.7. The lowest BCUT2D eigenvalue weighted by molar-refractivity contribution is 0.0600. The average molecular weight is 297 g/mol. The van der Waals surface area contributed by atoms with Crippen molar-refractivity contribution in [3.05, 3.63) is 64.2 Å². The standard InChI is InChI=1S/C16H15N3O3/c1-22-16(21)13-10-19(8-7-11-5-3-2-4-6-11)9-12-14(13)17-18-15(12)20/h2-6,9-10H,7-8H2,1H3,(H,18,20). The number of nitrogens with one attached hydrogen (secondary N) is 1. The Balaban J connectivity index is 1.95. The van der Waals surface area contributed by atoms with Crippen LogP contribution in [0.2, 0.25) is 0 Å². The monoisotopic (exact) mass is 297 g/mol. The molecule has 0 saturated heterocycles. The molecule has 2 heterocycles. The van der Waals surface area contributed by atoms with E-state index in [1.807, 2.05) is 34.9 Å². The molecule has 0 amide bonds. The number of rotatable bonds is 4. The molecule has 2 aliphatic heterocycles. The Morgan fingerprint density at radius 3 is 2.77 bits per heavy atom. The summed E-state index contributed by atoms with van der Waals surface area (Å²) < 4.78 is 6.58. The van der Waals surface area contributed by atoms with Crippen molar-refractivity contribution >= 4 is 5.97 Å². The molecule has 3 rings (SSSR count). The Morgan fingerprint density at radius 1 is 1.27 bits per heavy atom. The van der Waals surface area contributed by atoms with Crippen LogP contribution in [0.25, 0.3) is 11.3 Å². The van der Waals surface area contributed by atoms with Crippen molar-refractivity contribution in [1.82, 2.24) is 14.8 Å². The molecule has 6 nitrogen and oxygen atoms in total. The minimum absolute atomic E-state index is 0.284. The van der Waals surface area contributed by atoms with Crippen LogP contribution >= 0.6 is 0 Å². The number of benzene rings is 1. The molecule has 22 heavy (non-hydrogen) atoms. The molecule has 1 aromatic rings. The lowest BCUT2D eigenvalue weighted by Crippen LogP contribution is -2.12. The van der Waals surface area contributed by atoms with E-state index in [1.165, 1.54) is 12.7 Å². The van der Waals surface area contributed by atoms with Gasteiger partial charge in [0, 0.05) is 18.9 Å². The first-order valence-electron chi connectivity index (χ1n) is 6.89. The van der Waals surface area contributed by atoms with Crippen molar-refractivity contribution in [3.8, 4) is 11.3 Å². The summed E-state index contributed by atoms with van der Waals surface area (Å²) >= 11 is 0. The third-order valence-corrected chi connectivity index (χ3v) is 3.52. The number of hydrogen-bond donors (Lipinski definition) is 1. The first-order valence-corrected chi connectivity index (χ1v) is 6.89. The molecule has 0 fully saturated rings. The molecule has 6 heteroatoms. The summed E-state index contributed by atoms with van der Waals surface area (Å²) in [5, 5.41) is 6.27. The van der Waals surface area contributed by atoms with Gasteiger partial charge in [0.15, 0.2) is 0 Å². The van der Waals surface area contributed by atoms with Crippen LogP contribution in [0.1, 0.15) is 15.9 Å². The summed E-state index contributed by atoms with van der Waals surface area (Å²) in [5.74, 6) is -0.509. The number of nitrogens with zero attached hydrogens (tertiary/aromatic N) is 2. The smallest absolute Gasteiger partial charge is 0.341 e. The third-order valence-electron chi connectivity index (χ3n) is 3.52. The number of esters is 1. The Bertz CT molecular complexity index is 820. The van der Waals surface area contributed by atoms with Crippen molar-refractivity contribution in [2.75, 3.05) is 7.11 Å². The van der Waals surface area contributed by atoms with Crippen LogP contribution < -0.4 is 5.56 Å². The van der Waals surface area contributed by atoms with Crippen molar-refractivity contribution in [1.29, 1.82) is 0 Å². The van der Waals surface area contributed by atoms with Gasteiger partial charge in [-0.05, 0) is 12.0 Å². The number of aryl methyl sites for hydroxylation is 2. The number of aromatic nitrogens is 3. The van der Waals surface area contributed by atoms with Gasteiger partial charge in [0.05, 0.1) is 12.7 Å². The van der Waals surface area contributed by atoms with Crippen molar-refractivity contribution in [2.45, 2.75) is 13.0 Å². The summed E-state index contributed by atoms with van der Waals surface area (Å²) in [7, 11) is 1.31. The molecule has 0 unspecified atom stereocenters. The van der Waals surface area contributed by atoms with Gasteiger partial charge in [-0.2, -0.15) is 5.10 Å². The van der Waals surface area contributed by atoms with Gasteiger partial charge < -0.3 is 9.30 Å². The predicted molar refractivity (Wildman–Crippen MR) is 81.0 cm³/mol. The maximum Gasteiger partial charge on any atom is 0.341 e. The number of carbonyl (C=O) groups excluding carboxylic acids is 1. The van der Waals surface area contributed by atoms with Crippen molar-refractivity contribution < 1.29 is 9.53 Å². The Hall–Kier alpha value is -2.89. The molecule has 2 aliphatic rings. The molecule has 1 aromatic carbocycles. The van der Waals surface area contributed by atoms with Gasteiger partial charge in [-0.15, -0.1) is 0 Å². The normalized spacial score (nSPS) is 10.8. The molecule has 1 N–H and O–H groups in total. The van der Waals surface area contributed by atoms with Crippen LogP contribution in [0.5, 0.6) is 0 Å². The van der Waals surface area contributed by atoms with Gasteiger partial charge >= 0.3 is 5.97 Å². The SMILES string of the molecule is COC(=O)c1cn(CCc2ccccc2)cc2c(=O)[nH]nc1-2. The summed E-state index contributed by atoms with van der Waals surface area (Å²) in [5.41, 5.74) is 1.88.